The van der Waals surface area contributed by atoms with Crippen molar-refractivity contribution in [2.75, 3.05) is 20.1 Å². The van der Waals surface area contributed by atoms with Gasteiger partial charge in [0.2, 0.25) is 17.7 Å². The number of halogens is 2. The molecule has 3 amide bonds. The first kappa shape index (κ1) is 33.0. The number of guanidine groups is 1. The van der Waals surface area contributed by atoms with Crippen molar-refractivity contribution in [1.29, 1.82) is 5.41 Å². The third-order valence-corrected chi connectivity index (χ3v) is 8.53. The van der Waals surface area contributed by atoms with Gasteiger partial charge in [-0.15, -0.1) is 0 Å². The van der Waals surface area contributed by atoms with E-state index < -0.39 is 18.1 Å². The largest absolute Gasteiger partial charge is 0.370 e. The van der Waals surface area contributed by atoms with Crippen LogP contribution in [0.3, 0.4) is 0 Å². The summed E-state index contributed by atoms with van der Waals surface area (Å²) >= 11 is 12.2. The second kappa shape index (κ2) is 15.2. The van der Waals surface area contributed by atoms with Gasteiger partial charge in [0, 0.05) is 42.6 Å². The summed E-state index contributed by atoms with van der Waals surface area (Å²) in [5.41, 5.74) is 7.26. The summed E-state index contributed by atoms with van der Waals surface area (Å²) in [5.74, 6) is -1.04. The molecular weight excluding hydrogens is 601 g/mol. The van der Waals surface area contributed by atoms with Gasteiger partial charge in [0.25, 0.3) is 0 Å². The van der Waals surface area contributed by atoms with Crippen LogP contribution >= 0.6 is 23.2 Å². The van der Waals surface area contributed by atoms with Crippen LogP contribution in [0.2, 0.25) is 10.0 Å². The number of hydrogen-bond acceptors (Lipinski definition) is 5. The van der Waals surface area contributed by atoms with E-state index in [-0.39, 0.29) is 49.2 Å². The van der Waals surface area contributed by atoms with E-state index in [0.717, 1.165) is 16.3 Å². The van der Waals surface area contributed by atoms with E-state index in [4.69, 9.17) is 34.3 Å². The highest BCUT2D eigenvalue weighted by Gasteiger charge is 2.40. The van der Waals surface area contributed by atoms with Gasteiger partial charge in [0.15, 0.2) is 5.96 Å². The van der Waals surface area contributed by atoms with Crippen molar-refractivity contribution in [3.8, 4) is 0 Å². The van der Waals surface area contributed by atoms with Gasteiger partial charge >= 0.3 is 0 Å². The summed E-state index contributed by atoms with van der Waals surface area (Å²) in [5, 5.41) is 22.8. The first-order valence-electron chi connectivity index (χ1n) is 14.7. The highest BCUT2D eigenvalue weighted by atomic mass is 35.5. The van der Waals surface area contributed by atoms with Crippen LogP contribution in [0.1, 0.15) is 30.9 Å². The fourth-order valence-electron chi connectivity index (χ4n) is 5.61. The van der Waals surface area contributed by atoms with Crippen molar-refractivity contribution < 1.29 is 14.4 Å². The molecule has 1 aliphatic heterocycles. The highest BCUT2D eigenvalue weighted by molar-refractivity contribution is 6.35. The predicted molar refractivity (Wildman–Crippen MR) is 175 cm³/mol. The molecule has 0 aliphatic carbocycles. The predicted octanol–water partition coefficient (Wildman–Crippen LogP) is 2.98. The number of amides is 3. The topological polar surface area (TPSA) is 152 Å². The zero-order valence-electron chi connectivity index (χ0n) is 24.8. The molecule has 3 aromatic rings. The van der Waals surface area contributed by atoms with Crippen LogP contribution in [0.15, 0.2) is 60.7 Å². The molecule has 1 heterocycles. The zero-order valence-corrected chi connectivity index (χ0v) is 26.3. The van der Waals surface area contributed by atoms with E-state index in [1.165, 1.54) is 0 Å². The minimum atomic E-state index is -0.803. The lowest BCUT2D eigenvalue weighted by Gasteiger charge is -2.34. The Bertz CT molecular complexity index is 1520. The molecule has 1 saturated heterocycles. The van der Waals surface area contributed by atoms with Crippen LogP contribution in [0.25, 0.3) is 10.8 Å². The molecule has 0 saturated carbocycles. The average molecular weight is 641 g/mol. The molecule has 1 fully saturated rings. The van der Waals surface area contributed by atoms with Gasteiger partial charge < -0.3 is 26.6 Å². The third-order valence-electron chi connectivity index (χ3n) is 7.95. The van der Waals surface area contributed by atoms with Crippen molar-refractivity contribution in [2.45, 2.75) is 56.8 Å². The van der Waals surface area contributed by atoms with Gasteiger partial charge in [-0.05, 0) is 46.9 Å². The number of rotatable bonds is 11. The highest BCUT2D eigenvalue weighted by Crippen LogP contribution is 2.23. The molecule has 4 rings (SSSR count). The third kappa shape index (κ3) is 8.40. The monoisotopic (exact) mass is 639 g/mol. The summed E-state index contributed by atoms with van der Waals surface area (Å²) < 4.78 is 0. The van der Waals surface area contributed by atoms with Gasteiger partial charge in [-0.25, -0.2) is 0 Å². The number of nitrogens with two attached hydrogens (primary N) is 1. The lowest BCUT2D eigenvalue weighted by Crippen LogP contribution is -2.61. The quantitative estimate of drug-likeness (QED) is 0.140. The minimum Gasteiger partial charge on any atom is -0.370 e. The van der Waals surface area contributed by atoms with Crippen LogP contribution in [-0.2, 0) is 27.2 Å². The lowest BCUT2D eigenvalue weighted by molar-refractivity contribution is -0.141. The summed E-state index contributed by atoms with van der Waals surface area (Å²) in [6, 6.07) is 16.6. The number of likely N-dealkylation sites (N-methyl/N-ethyl adjacent to an activating group) is 1. The van der Waals surface area contributed by atoms with Crippen molar-refractivity contribution >= 4 is 57.7 Å². The molecule has 44 heavy (non-hydrogen) atoms. The number of benzene rings is 3. The van der Waals surface area contributed by atoms with Crippen LogP contribution in [0.5, 0.6) is 0 Å². The molecule has 1 unspecified atom stereocenters. The smallest absolute Gasteiger partial charge is 0.242 e. The Kier molecular flexibility index (Phi) is 11.4. The van der Waals surface area contributed by atoms with Crippen LogP contribution in [0.4, 0.5) is 0 Å². The average Bonchev–Trinajstić information content (AvgIpc) is 3.16. The second-order valence-corrected chi connectivity index (χ2v) is 11.8. The van der Waals surface area contributed by atoms with Crippen molar-refractivity contribution in [2.24, 2.45) is 5.73 Å². The summed E-state index contributed by atoms with van der Waals surface area (Å²) in [6.45, 7) is 2.42. The summed E-state index contributed by atoms with van der Waals surface area (Å²) in [4.78, 5) is 42.0. The van der Waals surface area contributed by atoms with E-state index in [2.05, 4.69) is 21.3 Å². The standard InChI is InChI=1S/C32H39Cl2N7O3/c1-3-26(40-32(35)36)29-31(44)41(27(30(43)37-2)15-19-8-9-20-6-4-5-7-21(20)14-19)13-12-24(39-29)18-38-28(42)16-22-10-11-23(33)17-25(22)34/h4-11,14,17,24,26-27,29,39H,3,12-13,15-16,18H2,1-2H3,(H,37,43)(H,38,42)(H4,35,36,40)/t24-,26?,27+,29+/m1/s1. The fourth-order valence-corrected chi connectivity index (χ4v) is 6.08. The molecule has 0 spiro atoms. The van der Waals surface area contributed by atoms with Gasteiger partial charge in [0.05, 0.1) is 12.5 Å². The molecule has 4 atom stereocenters. The number of hydrogen-bond donors (Lipinski definition) is 6. The Labute approximate surface area is 267 Å². The number of nitrogens with zero attached hydrogens (tertiary/aromatic N) is 1. The molecular formula is C32H39Cl2N7O3. The van der Waals surface area contributed by atoms with Crippen molar-refractivity contribution in [3.05, 3.63) is 81.8 Å². The minimum absolute atomic E-state index is 0.0746. The first-order chi connectivity index (χ1) is 21.1. The Morgan fingerprint density at radius 1 is 1.11 bits per heavy atom. The van der Waals surface area contributed by atoms with E-state index in [9.17, 15) is 14.4 Å². The van der Waals surface area contributed by atoms with E-state index >= 15 is 0 Å². The SMILES string of the molecule is CCC(NC(=N)N)[C@@H]1N[C@@H](CNC(=O)Cc2ccc(Cl)cc2Cl)CCN([C@@H](Cc2ccc3ccccc3c2)C(=O)NC)C1=O. The molecule has 0 aromatic heterocycles. The summed E-state index contributed by atoms with van der Waals surface area (Å²) in [7, 11) is 1.56. The molecule has 3 aromatic carbocycles. The first-order valence-corrected chi connectivity index (χ1v) is 15.4. The molecule has 1 aliphatic rings. The lowest BCUT2D eigenvalue weighted by atomic mass is 9.98. The van der Waals surface area contributed by atoms with Crippen molar-refractivity contribution in [1.82, 2.24) is 26.2 Å². The number of carbonyl (C=O) groups is 3. The molecule has 7 N–H and O–H groups in total. The molecule has 12 heteroatoms. The molecule has 0 bridgehead atoms. The maximum atomic E-state index is 14.2. The Hall–Kier alpha value is -3.86. The van der Waals surface area contributed by atoms with Gasteiger partial charge in [-0.2, -0.15) is 0 Å². The van der Waals surface area contributed by atoms with E-state index in [0.29, 0.717) is 34.9 Å². The zero-order chi connectivity index (χ0) is 31.8. The van der Waals surface area contributed by atoms with Crippen LogP contribution < -0.4 is 27.0 Å². The van der Waals surface area contributed by atoms with Crippen molar-refractivity contribution in [3.63, 3.8) is 0 Å². The summed E-state index contributed by atoms with van der Waals surface area (Å²) in [6.07, 6.45) is 1.36. The van der Waals surface area contributed by atoms with Gasteiger partial charge in [0.1, 0.15) is 12.1 Å². The second-order valence-electron chi connectivity index (χ2n) is 11.0. The van der Waals surface area contributed by atoms with E-state index in [1.807, 2.05) is 49.4 Å². The molecule has 234 valence electrons. The van der Waals surface area contributed by atoms with Gasteiger partial charge in [-0.1, -0.05) is 78.7 Å². The number of carbonyl (C=O) groups excluding carboxylic acids is 3. The fraction of sp³-hybridized carbons (Fsp3) is 0.375. The van der Waals surface area contributed by atoms with E-state index in [1.54, 1.807) is 30.1 Å². The Balaban J connectivity index is 1.56. The number of nitrogens with one attached hydrogen (secondary N) is 5. The maximum absolute atomic E-state index is 14.2. The van der Waals surface area contributed by atoms with Crippen LogP contribution in [-0.4, -0.2) is 72.9 Å². The number of fused-ring (bicyclic) bond motifs is 1. The maximum Gasteiger partial charge on any atom is 0.242 e. The Morgan fingerprint density at radius 3 is 2.55 bits per heavy atom. The van der Waals surface area contributed by atoms with Gasteiger partial charge in [-0.3, -0.25) is 25.1 Å². The Morgan fingerprint density at radius 2 is 1.86 bits per heavy atom. The normalized spacial score (nSPS) is 18.3. The molecule has 10 nitrogen and oxygen atoms in total. The molecule has 0 radical (unpaired) electrons. The van der Waals surface area contributed by atoms with Crippen LogP contribution in [0, 0.1) is 5.41 Å².